The highest BCUT2D eigenvalue weighted by atomic mass is 32.1. The summed E-state index contributed by atoms with van der Waals surface area (Å²) in [4.78, 5) is 27.9. The first-order valence-electron chi connectivity index (χ1n) is 6.05. The summed E-state index contributed by atoms with van der Waals surface area (Å²) < 4.78 is 1.28. The second-order valence-corrected chi connectivity index (χ2v) is 5.83. The first-order chi connectivity index (χ1) is 9.38. The summed E-state index contributed by atoms with van der Waals surface area (Å²) in [7, 11) is 0. The number of carbonyl (C=O) groups is 1. The Morgan fingerprint density at radius 1 is 1.50 bits per heavy atom. The summed E-state index contributed by atoms with van der Waals surface area (Å²) in [5.74, 6) is -0.266. The summed E-state index contributed by atoms with van der Waals surface area (Å²) >= 11 is 1.47. The zero-order valence-electron chi connectivity index (χ0n) is 11.3. The monoisotopic (exact) mass is 292 g/mol. The van der Waals surface area contributed by atoms with Gasteiger partial charge in [-0.15, -0.1) is 11.3 Å². The number of rotatable bonds is 4. The average Bonchev–Trinajstić information content (AvgIpc) is 2.87. The van der Waals surface area contributed by atoms with E-state index < -0.39 is 5.54 Å². The third kappa shape index (κ3) is 3.24. The van der Waals surface area contributed by atoms with Gasteiger partial charge in [0.15, 0.2) is 0 Å². The molecule has 0 fully saturated rings. The molecule has 0 saturated heterocycles. The largest absolute Gasteiger partial charge is 0.398 e. The molecular weight excluding hydrogens is 276 g/mol. The van der Waals surface area contributed by atoms with Gasteiger partial charge in [0.1, 0.15) is 11.6 Å². The number of hydrogen-bond acceptors (Lipinski definition) is 5. The third-order valence-electron chi connectivity index (χ3n) is 2.74. The van der Waals surface area contributed by atoms with Crippen molar-refractivity contribution in [2.45, 2.75) is 25.9 Å². The minimum absolute atomic E-state index is 0.0708. The molecule has 20 heavy (non-hydrogen) atoms. The van der Waals surface area contributed by atoms with Crippen molar-refractivity contribution in [1.82, 2.24) is 14.9 Å². The highest BCUT2D eigenvalue weighted by Crippen LogP contribution is 2.21. The summed E-state index contributed by atoms with van der Waals surface area (Å²) in [5.41, 5.74) is 5.21. The molecule has 0 radical (unpaired) electrons. The maximum Gasteiger partial charge on any atom is 0.251 e. The minimum atomic E-state index is -0.574. The van der Waals surface area contributed by atoms with E-state index >= 15 is 0 Å². The van der Waals surface area contributed by atoms with E-state index in [1.54, 1.807) is 6.20 Å². The molecule has 7 heteroatoms. The standard InChI is InChI=1S/C13H16N4O2S/c1-13(2,12-15-5-6-20-12)16-10(18)8-17-7-9(14)3-4-11(17)19/h3-7H,8,14H2,1-2H3,(H,16,18). The Kier molecular flexibility index (Phi) is 3.89. The number of pyridine rings is 1. The molecule has 0 spiro atoms. The van der Waals surface area contributed by atoms with Crippen LogP contribution in [0.15, 0.2) is 34.7 Å². The number of nitrogens with two attached hydrogens (primary N) is 1. The molecule has 0 atom stereocenters. The second kappa shape index (κ2) is 5.46. The summed E-state index contributed by atoms with van der Waals surface area (Å²) in [6.07, 6.45) is 3.15. The predicted octanol–water partition coefficient (Wildman–Crippen LogP) is 0.938. The van der Waals surface area contributed by atoms with E-state index in [-0.39, 0.29) is 18.0 Å². The van der Waals surface area contributed by atoms with Crippen LogP contribution in [-0.2, 0) is 16.9 Å². The SMILES string of the molecule is CC(C)(NC(=O)Cn1cc(N)ccc1=O)c1nccs1. The van der Waals surface area contributed by atoms with Crippen LogP contribution in [0.2, 0.25) is 0 Å². The van der Waals surface area contributed by atoms with Gasteiger partial charge in [0, 0.05) is 29.5 Å². The third-order valence-corrected chi connectivity index (χ3v) is 3.84. The number of carbonyl (C=O) groups excluding carboxylic acids is 1. The molecule has 0 aliphatic carbocycles. The lowest BCUT2D eigenvalue weighted by Gasteiger charge is -2.24. The number of nitrogens with one attached hydrogen (secondary N) is 1. The van der Waals surface area contributed by atoms with Crippen LogP contribution in [0.3, 0.4) is 0 Å². The molecule has 0 aliphatic heterocycles. The fourth-order valence-corrected chi connectivity index (χ4v) is 2.52. The Morgan fingerprint density at radius 2 is 2.25 bits per heavy atom. The molecule has 0 aliphatic rings. The molecule has 2 heterocycles. The topological polar surface area (TPSA) is 90.0 Å². The molecule has 0 unspecified atom stereocenters. The molecule has 2 aromatic rings. The van der Waals surface area contributed by atoms with Crippen molar-refractivity contribution in [3.05, 3.63) is 45.3 Å². The van der Waals surface area contributed by atoms with E-state index in [4.69, 9.17) is 5.73 Å². The second-order valence-electron chi connectivity index (χ2n) is 4.94. The average molecular weight is 292 g/mol. The van der Waals surface area contributed by atoms with Gasteiger partial charge in [0.05, 0.1) is 5.54 Å². The van der Waals surface area contributed by atoms with Crippen LogP contribution in [0.25, 0.3) is 0 Å². The number of nitrogens with zero attached hydrogens (tertiary/aromatic N) is 2. The van der Waals surface area contributed by atoms with Crippen LogP contribution in [0, 0.1) is 0 Å². The van der Waals surface area contributed by atoms with Gasteiger partial charge in [0.2, 0.25) is 5.91 Å². The number of anilines is 1. The van der Waals surface area contributed by atoms with Crippen LogP contribution in [0.4, 0.5) is 5.69 Å². The Bertz CT molecular complexity index is 661. The lowest BCUT2D eigenvalue weighted by atomic mass is 10.1. The summed E-state index contributed by atoms with van der Waals surface area (Å²) in [5, 5.41) is 5.53. The van der Waals surface area contributed by atoms with Gasteiger partial charge in [-0.25, -0.2) is 4.98 Å². The number of aromatic nitrogens is 2. The van der Waals surface area contributed by atoms with E-state index in [2.05, 4.69) is 10.3 Å². The van der Waals surface area contributed by atoms with Gasteiger partial charge in [-0.3, -0.25) is 9.59 Å². The summed E-state index contributed by atoms with van der Waals surface area (Å²) in [6.45, 7) is 3.66. The van der Waals surface area contributed by atoms with Crippen molar-refractivity contribution in [2.24, 2.45) is 0 Å². The zero-order valence-corrected chi connectivity index (χ0v) is 12.1. The normalized spacial score (nSPS) is 11.3. The Hall–Kier alpha value is -2.15. The predicted molar refractivity (Wildman–Crippen MR) is 78.4 cm³/mol. The Balaban J connectivity index is 2.10. The zero-order chi connectivity index (χ0) is 14.8. The number of thiazole rings is 1. The molecule has 0 saturated carbocycles. The molecule has 6 nitrogen and oxygen atoms in total. The fourth-order valence-electron chi connectivity index (χ4n) is 1.80. The van der Waals surface area contributed by atoms with Crippen molar-refractivity contribution in [1.29, 1.82) is 0 Å². The van der Waals surface area contributed by atoms with Crippen LogP contribution in [0.5, 0.6) is 0 Å². The lowest BCUT2D eigenvalue weighted by molar-refractivity contribution is -0.123. The van der Waals surface area contributed by atoms with Gasteiger partial charge in [-0.05, 0) is 19.9 Å². The Morgan fingerprint density at radius 3 is 2.90 bits per heavy atom. The van der Waals surface area contributed by atoms with Crippen molar-refractivity contribution in [3.63, 3.8) is 0 Å². The molecule has 3 N–H and O–H groups in total. The van der Waals surface area contributed by atoms with Gasteiger partial charge in [-0.1, -0.05) is 0 Å². The summed E-state index contributed by atoms with van der Waals surface area (Å²) in [6, 6.07) is 2.85. The van der Waals surface area contributed by atoms with Crippen LogP contribution >= 0.6 is 11.3 Å². The van der Waals surface area contributed by atoms with Crippen LogP contribution in [0.1, 0.15) is 18.9 Å². The van der Waals surface area contributed by atoms with Gasteiger partial charge < -0.3 is 15.6 Å². The van der Waals surface area contributed by atoms with E-state index in [1.165, 1.54) is 34.2 Å². The van der Waals surface area contributed by atoms with E-state index in [9.17, 15) is 9.59 Å². The first-order valence-corrected chi connectivity index (χ1v) is 6.93. The molecule has 2 aromatic heterocycles. The van der Waals surface area contributed by atoms with E-state index in [0.29, 0.717) is 5.69 Å². The van der Waals surface area contributed by atoms with Crippen LogP contribution < -0.4 is 16.6 Å². The van der Waals surface area contributed by atoms with E-state index in [1.807, 2.05) is 19.2 Å². The molecule has 0 aromatic carbocycles. The molecule has 106 valence electrons. The van der Waals surface area contributed by atoms with E-state index in [0.717, 1.165) is 5.01 Å². The van der Waals surface area contributed by atoms with Crippen LogP contribution in [-0.4, -0.2) is 15.5 Å². The van der Waals surface area contributed by atoms with Crippen molar-refractivity contribution >= 4 is 22.9 Å². The van der Waals surface area contributed by atoms with Crippen molar-refractivity contribution in [3.8, 4) is 0 Å². The smallest absolute Gasteiger partial charge is 0.251 e. The van der Waals surface area contributed by atoms with Crippen molar-refractivity contribution in [2.75, 3.05) is 5.73 Å². The lowest BCUT2D eigenvalue weighted by Crippen LogP contribution is -2.43. The quantitative estimate of drug-likeness (QED) is 0.877. The molecular formula is C13H16N4O2S. The molecule has 1 amide bonds. The highest BCUT2D eigenvalue weighted by Gasteiger charge is 2.25. The molecule has 0 bridgehead atoms. The van der Waals surface area contributed by atoms with Gasteiger partial charge in [-0.2, -0.15) is 0 Å². The molecule has 2 rings (SSSR count). The fraction of sp³-hybridized carbons (Fsp3) is 0.308. The van der Waals surface area contributed by atoms with Gasteiger partial charge in [0.25, 0.3) is 5.56 Å². The Labute approximate surface area is 120 Å². The maximum atomic E-state index is 12.1. The number of nitrogen functional groups attached to an aromatic ring is 1. The number of amides is 1. The number of hydrogen-bond donors (Lipinski definition) is 2. The highest BCUT2D eigenvalue weighted by molar-refractivity contribution is 7.09. The first kappa shape index (κ1) is 14.3. The van der Waals surface area contributed by atoms with Gasteiger partial charge >= 0.3 is 0 Å². The maximum absolute atomic E-state index is 12.1. The van der Waals surface area contributed by atoms with Crippen molar-refractivity contribution < 1.29 is 4.79 Å². The minimum Gasteiger partial charge on any atom is -0.398 e.